The van der Waals surface area contributed by atoms with Crippen LogP contribution in [-0.2, 0) is 6.42 Å². The maximum atomic E-state index is 12.1. The number of amides is 1. The molecule has 0 saturated heterocycles. The molecule has 1 N–H and O–H groups in total. The van der Waals surface area contributed by atoms with Crippen LogP contribution in [0.1, 0.15) is 15.9 Å². The van der Waals surface area contributed by atoms with E-state index in [9.17, 15) is 4.79 Å². The van der Waals surface area contributed by atoms with E-state index in [2.05, 4.69) is 22.5 Å². The molecule has 0 aliphatic rings. The molecule has 0 unspecified atom stereocenters. The average Bonchev–Trinajstić information content (AvgIpc) is 3.17. The molecule has 5 heteroatoms. The summed E-state index contributed by atoms with van der Waals surface area (Å²) in [5.41, 5.74) is 2.82. The molecule has 0 aliphatic heterocycles. The lowest BCUT2D eigenvalue weighted by molar-refractivity contribution is 0.0954. The normalized spacial score (nSPS) is 10.4. The van der Waals surface area contributed by atoms with Crippen LogP contribution in [-0.4, -0.2) is 29.3 Å². The second-order valence-corrected chi connectivity index (χ2v) is 5.35. The fraction of sp³-hybridized carbons (Fsp3) is 0.158. The molecule has 0 bridgehead atoms. The standard InChI is InChI=1S/C19H19N3O2/c1-24-18-9-5-16(6-10-18)19(23)20-13-11-15-3-7-17(8-4-15)22-14-2-12-21-22/h2-10,12,14H,11,13H2,1H3,(H,20,23). The van der Waals surface area contributed by atoms with Crippen molar-refractivity contribution >= 4 is 5.91 Å². The quantitative estimate of drug-likeness (QED) is 0.759. The summed E-state index contributed by atoms with van der Waals surface area (Å²) in [7, 11) is 1.60. The highest BCUT2D eigenvalue weighted by Gasteiger charge is 2.05. The summed E-state index contributed by atoms with van der Waals surface area (Å²) < 4.78 is 6.90. The summed E-state index contributed by atoms with van der Waals surface area (Å²) in [4.78, 5) is 12.1. The van der Waals surface area contributed by atoms with E-state index in [1.165, 1.54) is 5.56 Å². The first-order chi connectivity index (χ1) is 11.8. The van der Waals surface area contributed by atoms with E-state index in [4.69, 9.17) is 4.74 Å². The highest BCUT2D eigenvalue weighted by molar-refractivity contribution is 5.94. The molecule has 5 nitrogen and oxygen atoms in total. The van der Waals surface area contributed by atoms with Crippen molar-refractivity contribution < 1.29 is 9.53 Å². The van der Waals surface area contributed by atoms with Crippen molar-refractivity contribution in [3.05, 3.63) is 78.1 Å². The monoisotopic (exact) mass is 321 g/mol. The summed E-state index contributed by atoms with van der Waals surface area (Å²) in [6, 6.07) is 17.1. The van der Waals surface area contributed by atoms with E-state index < -0.39 is 0 Å². The largest absolute Gasteiger partial charge is 0.497 e. The summed E-state index contributed by atoms with van der Waals surface area (Å²) >= 11 is 0. The molecule has 1 aromatic heterocycles. The summed E-state index contributed by atoms with van der Waals surface area (Å²) in [6.07, 6.45) is 4.44. The minimum atomic E-state index is -0.0779. The van der Waals surface area contributed by atoms with E-state index in [1.54, 1.807) is 37.6 Å². The van der Waals surface area contributed by atoms with Gasteiger partial charge in [0.25, 0.3) is 5.91 Å². The molecule has 3 aromatic rings. The van der Waals surface area contributed by atoms with Crippen molar-refractivity contribution in [2.75, 3.05) is 13.7 Å². The van der Waals surface area contributed by atoms with Gasteiger partial charge in [0, 0.05) is 24.5 Å². The van der Waals surface area contributed by atoms with Crippen LogP contribution >= 0.6 is 0 Å². The summed E-state index contributed by atoms with van der Waals surface area (Å²) in [5.74, 6) is 0.662. The minimum absolute atomic E-state index is 0.0779. The Balaban J connectivity index is 1.51. The fourth-order valence-corrected chi connectivity index (χ4v) is 2.40. The van der Waals surface area contributed by atoms with Gasteiger partial charge in [0.05, 0.1) is 12.8 Å². The van der Waals surface area contributed by atoms with Gasteiger partial charge >= 0.3 is 0 Å². The lowest BCUT2D eigenvalue weighted by Gasteiger charge is -2.07. The average molecular weight is 321 g/mol. The van der Waals surface area contributed by atoms with Crippen molar-refractivity contribution in [3.8, 4) is 11.4 Å². The van der Waals surface area contributed by atoms with Gasteiger partial charge in [-0.3, -0.25) is 4.79 Å². The Morgan fingerprint density at radius 3 is 2.50 bits per heavy atom. The zero-order valence-corrected chi connectivity index (χ0v) is 13.5. The Kier molecular flexibility index (Phi) is 4.91. The molecule has 24 heavy (non-hydrogen) atoms. The molecule has 3 rings (SSSR count). The number of hydrogen-bond donors (Lipinski definition) is 1. The first-order valence-corrected chi connectivity index (χ1v) is 7.77. The molecule has 0 atom stereocenters. The van der Waals surface area contributed by atoms with Gasteiger partial charge in [-0.05, 0) is 54.4 Å². The van der Waals surface area contributed by atoms with Crippen LogP contribution in [0.2, 0.25) is 0 Å². The van der Waals surface area contributed by atoms with E-state index in [0.717, 1.165) is 17.9 Å². The third kappa shape index (κ3) is 3.81. The van der Waals surface area contributed by atoms with Crippen LogP contribution in [0.5, 0.6) is 5.75 Å². The van der Waals surface area contributed by atoms with Crippen molar-refractivity contribution in [1.29, 1.82) is 0 Å². The molecule has 122 valence electrons. The summed E-state index contributed by atoms with van der Waals surface area (Å²) in [5, 5.41) is 7.13. The van der Waals surface area contributed by atoms with Gasteiger partial charge in [0.1, 0.15) is 5.75 Å². The number of methoxy groups -OCH3 is 1. The van der Waals surface area contributed by atoms with Crippen LogP contribution in [0.3, 0.4) is 0 Å². The molecule has 0 spiro atoms. The fourth-order valence-electron chi connectivity index (χ4n) is 2.40. The predicted molar refractivity (Wildman–Crippen MR) is 92.6 cm³/mol. The highest BCUT2D eigenvalue weighted by Crippen LogP contribution is 2.11. The maximum Gasteiger partial charge on any atom is 0.251 e. The maximum absolute atomic E-state index is 12.1. The van der Waals surface area contributed by atoms with Crippen molar-refractivity contribution in [2.45, 2.75) is 6.42 Å². The molecule has 0 saturated carbocycles. The molecule has 0 radical (unpaired) electrons. The van der Waals surface area contributed by atoms with Gasteiger partial charge in [-0.15, -0.1) is 0 Å². The van der Waals surface area contributed by atoms with Gasteiger partial charge in [-0.1, -0.05) is 12.1 Å². The number of hydrogen-bond acceptors (Lipinski definition) is 3. The Labute approximate surface area is 140 Å². The Bertz CT molecular complexity index is 778. The number of aromatic nitrogens is 2. The number of carbonyl (C=O) groups is 1. The molecule has 1 amide bonds. The van der Waals surface area contributed by atoms with Crippen LogP contribution in [0.25, 0.3) is 5.69 Å². The van der Waals surface area contributed by atoms with Gasteiger partial charge in [-0.2, -0.15) is 5.10 Å². The van der Waals surface area contributed by atoms with Gasteiger partial charge in [-0.25, -0.2) is 4.68 Å². The smallest absolute Gasteiger partial charge is 0.251 e. The van der Waals surface area contributed by atoms with Crippen LogP contribution < -0.4 is 10.1 Å². The first kappa shape index (κ1) is 15.8. The van der Waals surface area contributed by atoms with Crippen LogP contribution in [0.4, 0.5) is 0 Å². The first-order valence-electron chi connectivity index (χ1n) is 7.77. The molecule has 0 fully saturated rings. The van der Waals surface area contributed by atoms with E-state index >= 15 is 0 Å². The number of nitrogens with zero attached hydrogens (tertiary/aromatic N) is 2. The van der Waals surface area contributed by atoms with Crippen LogP contribution in [0.15, 0.2) is 67.0 Å². The van der Waals surface area contributed by atoms with E-state index in [1.807, 2.05) is 29.1 Å². The molecule has 2 aromatic carbocycles. The third-order valence-corrected chi connectivity index (χ3v) is 3.76. The van der Waals surface area contributed by atoms with E-state index in [-0.39, 0.29) is 5.91 Å². The molecular weight excluding hydrogens is 302 g/mol. The van der Waals surface area contributed by atoms with Gasteiger partial charge < -0.3 is 10.1 Å². The topological polar surface area (TPSA) is 56.1 Å². The SMILES string of the molecule is COc1ccc(C(=O)NCCc2ccc(-n3cccn3)cc2)cc1. The predicted octanol–water partition coefficient (Wildman–Crippen LogP) is 2.85. The highest BCUT2D eigenvalue weighted by atomic mass is 16.5. The lowest BCUT2D eigenvalue weighted by Crippen LogP contribution is -2.25. The Morgan fingerprint density at radius 2 is 1.88 bits per heavy atom. The number of benzene rings is 2. The lowest BCUT2D eigenvalue weighted by atomic mass is 10.1. The second kappa shape index (κ2) is 7.46. The van der Waals surface area contributed by atoms with Crippen LogP contribution in [0, 0.1) is 0 Å². The molecule has 0 aliphatic carbocycles. The second-order valence-electron chi connectivity index (χ2n) is 5.35. The van der Waals surface area contributed by atoms with Crippen molar-refractivity contribution in [3.63, 3.8) is 0 Å². The number of ether oxygens (including phenoxy) is 1. The number of carbonyl (C=O) groups excluding carboxylic acids is 1. The van der Waals surface area contributed by atoms with Gasteiger partial charge in [0.2, 0.25) is 0 Å². The zero-order valence-electron chi connectivity index (χ0n) is 13.5. The van der Waals surface area contributed by atoms with Gasteiger partial charge in [0.15, 0.2) is 0 Å². The third-order valence-electron chi connectivity index (χ3n) is 3.76. The minimum Gasteiger partial charge on any atom is -0.497 e. The van der Waals surface area contributed by atoms with Crippen molar-refractivity contribution in [1.82, 2.24) is 15.1 Å². The van der Waals surface area contributed by atoms with Crippen molar-refractivity contribution in [2.24, 2.45) is 0 Å². The number of nitrogens with one attached hydrogen (secondary N) is 1. The summed E-state index contributed by atoms with van der Waals surface area (Å²) in [6.45, 7) is 0.589. The Hall–Kier alpha value is -3.08. The molecule has 1 heterocycles. The number of rotatable bonds is 6. The zero-order chi connectivity index (χ0) is 16.8. The Morgan fingerprint density at radius 1 is 1.12 bits per heavy atom. The van der Waals surface area contributed by atoms with E-state index in [0.29, 0.717) is 12.1 Å². The molecular formula is C19H19N3O2.